The second kappa shape index (κ2) is 7.47. The monoisotopic (exact) mass is 339 g/mol. The van der Waals surface area contributed by atoms with Gasteiger partial charge in [-0.15, -0.1) is 0 Å². The largest absolute Gasteiger partial charge is 0.459 e. The van der Waals surface area contributed by atoms with E-state index in [1.54, 1.807) is 0 Å². The highest BCUT2D eigenvalue weighted by molar-refractivity contribution is 7.88. The van der Waals surface area contributed by atoms with Gasteiger partial charge in [-0.05, 0) is 25.5 Å². The molecule has 23 heavy (non-hydrogen) atoms. The fraction of sp³-hybridized carbons (Fsp3) is 0.400. The molecule has 0 unspecified atom stereocenters. The molecule has 0 saturated heterocycles. The summed E-state index contributed by atoms with van der Waals surface area (Å²) in [7, 11) is -3.18. The molecule has 1 aromatic heterocycles. The van der Waals surface area contributed by atoms with Crippen LogP contribution in [0.3, 0.4) is 0 Å². The van der Waals surface area contributed by atoms with E-state index < -0.39 is 10.0 Å². The molecule has 0 fully saturated rings. The van der Waals surface area contributed by atoms with Gasteiger partial charge in [0.15, 0.2) is 0 Å². The maximum absolute atomic E-state index is 11.8. The molecule has 0 spiro atoms. The molecular formula is C15H21N3O4S. The minimum atomic E-state index is -3.18. The molecule has 2 aromatic rings. The highest BCUT2D eigenvalue weighted by Gasteiger charge is 2.13. The van der Waals surface area contributed by atoms with Gasteiger partial charge in [-0.2, -0.15) is 0 Å². The van der Waals surface area contributed by atoms with Crippen molar-refractivity contribution in [3.05, 3.63) is 36.1 Å². The Morgan fingerprint density at radius 3 is 2.70 bits per heavy atom. The lowest BCUT2D eigenvalue weighted by Gasteiger charge is -2.12. The van der Waals surface area contributed by atoms with Crippen LogP contribution >= 0.6 is 0 Å². The van der Waals surface area contributed by atoms with E-state index in [9.17, 15) is 13.2 Å². The van der Waals surface area contributed by atoms with Gasteiger partial charge in [0.2, 0.25) is 10.0 Å². The summed E-state index contributed by atoms with van der Waals surface area (Å²) in [5.74, 6) is 0.681. The second-order valence-corrected chi connectivity index (χ2v) is 7.16. The Morgan fingerprint density at radius 2 is 2.00 bits per heavy atom. The van der Waals surface area contributed by atoms with Gasteiger partial charge in [0.25, 0.3) is 0 Å². The molecule has 1 aromatic carbocycles. The van der Waals surface area contributed by atoms with Crippen LogP contribution in [0.15, 0.2) is 34.7 Å². The number of amides is 2. The maximum Gasteiger partial charge on any atom is 0.315 e. The van der Waals surface area contributed by atoms with Gasteiger partial charge in [-0.25, -0.2) is 17.9 Å². The fourth-order valence-corrected chi connectivity index (χ4v) is 2.60. The summed E-state index contributed by atoms with van der Waals surface area (Å²) in [6, 6.07) is 8.96. The molecule has 126 valence electrons. The lowest BCUT2D eigenvalue weighted by molar-refractivity contribution is 0.236. The Labute approximate surface area is 135 Å². The molecule has 0 bridgehead atoms. The predicted molar refractivity (Wildman–Crippen MR) is 88.6 cm³/mol. The topological polar surface area (TPSA) is 100 Å². The molecule has 2 rings (SSSR count). The zero-order valence-corrected chi connectivity index (χ0v) is 13.9. The van der Waals surface area contributed by atoms with Crippen LogP contribution in [0.4, 0.5) is 4.79 Å². The highest BCUT2D eigenvalue weighted by Crippen LogP contribution is 2.23. The third-order valence-corrected chi connectivity index (χ3v) is 3.95. The Balaban J connectivity index is 1.76. The number of hydrogen-bond donors (Lipinski definition) is 3. The Morgan fingerprint density at radius 1 is 1.26 bits per heavy atom. The number of para-hydroxylation sites is 1. The summed E-state index contributed by atoms with van der Waals surface area (Å²) in [4.78, 5) is 11.8. The number of carbonyl (C=O) groups excluding carboxylic acids is 1. The lowest BCUT2D eigenvalue weighted by atomic mass is 10.2. The third-order valence-electron chi connectivity index (χ3n) is 3.22. The number of furan rings is 1. The number of urea groups is 1. The van der Waals surface area contributed by atoms with Crippen LogP contribution in [0, 0.1) is 0 Å². The van der Waals surface area contributed by atoms with Crippen LogP contribution in [0.25, 0.3) is 11.0 Å². The molecular weight excluding hydrogens is 318 g/mol. The molecule has 1 heterocycles. The van der Waals surface area contributed by atoms with Gasteiger partial charge in [0.05, 0.1) is 12.3 Å². The zero-order valence-electron chi connectivity index (χ0n) is 13.1. The smallest absolute Gasteiger partial charge is 0.315 e. The van der Waals surface area contributed by atoms with Crippen molar-refractivity contribution >= 4 is 27.0 Å². The number of carbonyl (C=O) groups is 1. The van der Waals surface area contributed by atoms with E-state index in [0.717, 1.165) is 17.2 Å². The number of nitrogens with one attached hydrogen (secondary N) is 3. The first-order chi connectivity index (χ1) is 10.8. The Hall–Kier alpha value is -2.06. The van der Waals surface area contributed by atoms with Crippen molar-refractivity contribution in [2.75, 3.05) is 19.3 Å². The number of rotatable bonds is 7. The third kappa shape index (κ3) is 5.57. The summed E-state index contributed by atoms with van der Waals surface area (Å²) in [6.45, 7) is 2.50. The lowest BCUT2D eigenvalue weighted by Crippen LogP contribution is -2.38. The van der Waals surface area contributed by atoms with Gasteiger partial charge in [0.1, 0.15) is 11.3 Å². The van der Waals surface area contributed by atoms with Crippen molar-refractivity contribution in [2.24, 2.45) is 0 Å². The maximum atomic E-state index is 11.8. The first-order valence-corrected chi connectivity index (χ1v) is 9.22. The summed E-state index contributed by atoms with van der Waals surface area (Å²) < 4.78 is 29.8. The van der Waals surface area contributed by atoms with E-state index in [1.807, 2.05) is 37.3 Å². The quantitative estimate of drug-likeness (QED) is 0.669. The van der Waals surface area contributed by atoms with Gasteiger partial charge in [0, 0.05) is 18.5 Å². The number of hydrogen-bond acceptors (Lipinski definition) is 4. The van der Waals surface area contributed by atoms with Crippen molar-refractivity contribution in [3.63, 3.8) is 0 Å². The standard InChI is InChI=1S/C15H21N3O4S/c1-11(14-10-12-6-3-4-7-13(12)22-14)18-15(19)16-8-5-9-17-23(2,20)21/h3-4,6-7,10-11,17H,5,8-9H2,1-2H3,(H2,16,18,19)/t11-/m1/s1. The van der Waals surface area contributed by atoms with E-state index >= 15 is 0 Å². The van der Waals surface area contributed by atoms with Crippen LogP contribution in [-0.4, -0.2) is 33.8 Å². The normalized spacial score (nSPS) is 13.0. The molecule has 0 aliphatic rings. The van der Waals surface area contributed by atoms with Gasteiger partial charge < -0.3 is 15.1 Å². The number of sulfonamides is 1. The minimum absolute atomic E-state index is 0.267. The number of benzene rings is 1. The van der Waals surface area contributed by atoms with Gasteiger partial charge in [-0.1, -0.05) is 18.2 Å². The predicted octanol–water partition coefficient (Wildman–Crippen LogP) is 1.73. The molecule has 8 heteroatoms. The highest BCUT2D eigenvalue weighted by atomic mass is 32.2. The van der Waals surface area contributed by atoms with Crippen molar-refractivity contribution in [1.29, 1.82) is 0 Å². The number of fused-ring (bicyclic) bond motifs is 1. The molecule has 1 atom stereocenters. The van der Waals surface area contributed by atoms with Crippen molar-refractivity contribution < 1.29 is 17.6 Å². The summed E-state index contributed by atoms with van der Waals surface area (Å²) in [5, 5.41) is 6.45. The van der Waals surface area contributed by atoms with Crippen molar-refractivity contribution in [2.45, 2.75) is 19.4 Å². The van der Waals surface area contributed by atoms with Crippen LogP contribution in [0.2, 0.25) is 0 Å². The SMILES string of the molecule is C[C@@H](NC(=O)NCCCNS(C)(=O)=O)c1cc2ccccc2o1. The van der Waals surface area contributed by atoms with Crippen LogP contribution in [0.1, 0.15) is 25.1 Å². The Bertz CT molecular complexity index is 737. The Kier molecular flexibility index (Phi) is 5.62. The van der Waals surface area contributed by atoms with E-state index in [2.05, 4.69) is 15.4 Å². The molecule has 0 saturated carbocycles. The summed E-state index contributed by atoms with van der Waals surface area (Å²) >= 11 is 0. The van der Waals surface area contributed by atoms with Crippen LogP contribution in [0.5, 0.6) is 0 Å². The van der Waals surface area contributed by atoms with Gasteiger partial charge >= 0.3 is 6.03 Å². The fourth-order valence-electron chi connectivity index (χ4n) is 2.08. The minimum Gasteiger partial charge on any atom is -0.459 e. The van der Waals surface area contributed by atoms with Crippen molar-refractivity contribution in [1.82, 2.24) is 15.4 Å². The zero-order chi connectivity index (χ0) is 16.9. The van der Waals surface area contributed by atoms with E-state index in [-0.39, 0.29) is 18.6 Å². The van der Waals surface area contributed by atoms with Crippen LogP contribution in [-0.2, 0) is 10.0 Å². The molecule has 0 aliphatic heterocycles. The summed E-state index contributed by atoms with van der Waals surface area (Å²) in [6.07, 6.45) is 1.61. The van der Waals surface area contributed by atoms with Gasteiger partial charge in [-0.3, -0.25) is 0 Å². The first-order valence-electron chi connectivity index (χ1n) is 7.32. The van der Waals surface area contributed by atoms with Crippen LogP contribution < -0.4 is 15.4 Å². The van der Waals surface area contributed by atoms with E-state index in [1.165, 1.54) is 0 Å². The molecule has 0 radical (unpaired) electrons. The van der Waals surface area contributed by atoms with E-state index in [0.29, 0.717) is 18.7 Å². The van der Waals surface area contributed by atoms with Crippen molar-refractivity contribution in [3.8, 4) is 0 Å². The molecule has 7 nitrogen and oxygen atoms in total. The molecule has 3 N–H and O–H groups in total. The summed E-state index contributed by atoms with van der Waals surface area (Å²) in [5.41, 5.74) is 0.781. The molecule has 0 aliphatic carbocycles. The second-order valence-electron chi connectivity index (χ2n) is 5.33. The molecule has 2 amide bonds. The van der Waals surface area contributed by atoms with E-state index in [4.69, 9.17) is 4.42 Å². The average Bonchev–Trinajstić information content (AvgIpc) is 2.89. The first kappa shape index (κ1) is 17.3. The average molecular weight is 339 g/mol.